The van der Waals surface area contributed by atoms with E-state index in [1.54, 1.807) is 5.38 Å². The second kappa shape index (κ2) is 10.7. The van der Waals surface area contributed by atoms with E-state index in [-0.39, 0.29) is 5.69 Å². The number of hydrogen-bond donors (Lipinski definition) is 2. The SMILES string of the molecule is Cc1ccc(-c2csc(NC(=O)COC(=O)[C@H](C)Nc3ccc(C(F)(F)F)cc3[N+](=O)[O-])n2)cc1C. The number of esters is 1. The molecule has 3 aromatic rings. The fourth-order valence-electron chi connectivity index (χ4n) is 3.05. The van der Waals surface area contributed by atoms with Crippen LogP contribution >= 0.6 is 11.3 Å². The number of nitro groups is 1. The molecule has 0 fully saturated rings. The number of carbonyl (C=O) groups excluding carboxylic acids is 2. The molecule has 0 aliphatic rings. The molecular formula is C23H21F3N4O5S. The van der Waals surface area contributed by atoms with E-state index in [2.05, 4.69) is 15.6 Å². The van der Waals surface area contributed by atoms with Crippen molar-refractivity contribution in [3.05, 3.63) is 68.6 Å². The molecule has 0 saturated carbocycles. The molecule has 1 heterocycles. The molecule has 190 valence electrons. The normalized spacial score (nSPS) is 12.1. The third-order valence-electron chi connectivity index (χ3n) is 5.15. The molecule has 1 amide bonds. The number of ether oxygens (including phenoxy) is 1. The number of nitro benzene ring substituents is 1. The summed E-state index contributed by atoms with van der Waals surface area (Å²) in [6.07, 6.45) is -4.77. The number of thiazole rings is 1. The van der Waals surface area contributed by atoms with E-state index in [1.165, 1.54) is 18.3 Å². The summed E-state index contributed by atoms with van der Waals surface area (Å²) in [5, 5.41) is 18.2. The predicted octanol–water partition coefficient (Wildman–Crippen LogP) is 5.34. The number of benzene rings is 2. The number of nitrogens with one attached hydrogen (secondary N) is 2. The maximum absolute atomic E-state index is 12.8. The Kier molecular flexibility index (Phi) is 7.93. The summed E-state index contributed by atoms with van der Waals surface area (Å²) in [6.45, 7) is 4.61. The van der Waals surface area contributed by atoms with E-state index < -0.39 is 46.9 Å². The van der Waals surface area contributed by atoms with Gasteiger partial charge in [-0.25, -0.2) is 9.78 Å². The third-order valence-corrected chi connectivity index (χ3v) is 5.90. The molecular weight excluding hydrogens is 501 g/mol. The second-order valence-electron chi connectivity index (χ2n) is 7.85. The van der Waals surface area contributed by atoms with Gasteiger partial charge in [0.1, 0.15) is 11.7 Å². The van der Waals surface area contributed by atoms with Crippen LogP contribution in [0.1, 0.15) is 23.6 Å². The van der Waals surface area contributed by atoms with Gasteiger partial charge in [0.05, 0.1) is 16.2 Å². The summed E-state index contributed by atoms with van der Waals surface area (Å²) in [6, 6.07) is 6.55. The van der Waals surface area contributed by atoms with Gasteiger partial charge in [-0.15, -0.1) is 11.3 Å². The van der Waals surface area contributed by atoms with Gasteiger partial charge in [0.2, 0.25) is 0 Å². The Hall–Kier alpha value is -4.00. The van der Waals surface area contributed by atoms with Gasteiger partial charge in [-0.1, -0.05) is 12.1 Å². The number of halogens is 3. The maximum Gasteiger partial charge on any atom is 0.416 e. The van der Waals surface area contributed by atoms with Crippen LogP contribution in [0.4, 0.5) is 29.7 Å². The minimum atomic E-state index is -4.77. The largest absolute Gasteiger partial charge is 0.454 e. The van der Waals surface area contributed by atoms with E-state index in [4.69, 9.17) is 4.74 Å². The number of hydrogen-bond acceptors (Lipinski definition) is 8. The van der Waals surface area contributed by atoms with E-state index in [0.29, 0.717) is 23.0 Å². The van der Waals surface area contributed by atoms with E-state index >= 15 is 0 Å². The lowest BCUT2D eigenvalue weighted by atomic mass is 10.1. The molecule has 0 aliphatic heterocycles. The lowest BCUT2D eigenvalue weighted by Crippen LogP contribution is -2.31. The summed E-state index contributed by atoms with van der Waals surface area (Å²) < 4.78 is 43.5. The molecule has 0 saturated heterocycles. The molecule has 0 radical (unpaired) electrons. The highest BCUT2D eigenvalue weighted by Gasteiger charge is 2.33. The molecule has 36 heavy (non-hydrogen) atoms. The van der Waals surface area contributed by atoms with Crippen molar-refractivity contribution < 1.29 is 32.4 Å². The molecule has 9 nitrogen and oxygen atoms in total. The number of anilines is 2. The fourth-order valence-corrected chi connectivity index (χ4v) is 3.79. The Labute approximate surface area is 207 Å². The molecule has 1 atom stereocenters. The van der Waals surface area contributed by atoms with Gasteiger partial charge in [-0.3, -0.25) is 20.2 Å². The monoisotopic (exact) mass is 522 g/mol. The molecule has 2 aromatic carbocycles. The zero-order chi connectivity index (χ0) is 26.6. The molecule has 13 heteroatoms. The van der Waals surface area contributed by atoms with E-state index in [1.807, 2.05) is 32.0 Å². The molecule has 0 unspecified atom stereocenters. The molecule has 0 bridgehead atoms. The van der Waals surface area contributed by atoms with Crippen molar-refractivity contribution in [2.45, 2.75) is 33.0 Å². The van der Waals surface area contributed by atoms with Crippen LogP contribution in [0.2, 0.25) is 0 Å². The number of amides is 1. The number of aryl methyl sites for hydroxylation is 2. The van der Waals surface area contributed by atoms with Crippen LogP contribution in [0, 0.1) is 24.0 Å². The molecule has 3 rings (SSSR count). The Morgan fingerprint density at radius 2 is 1.89 bits per heavy atom. The Morgan fingerprint density at radius 3 is 2.53 bits per heavy atom. The van der Waals surface area contributed by atoms with Crippen molar-refractivity contribution in [3.8, 4) is 11.3 Å². The van der Waals surface area contributed by atoms with Gasteiger partial charge in [-0.2, -0.15) is 13.2 Å². The van der Waals surface area contributed by atoms with Crippen molar-refractivity contribution in [3.63, 3.8) is 0 Å². The number of aromatic nitrogens is 1. The average molecular weight is 523 g/mol. The van der Waals surface area contributed by atoms with Crippen molar-refractivity contribution in [2.24, 2.45) is 0 Å². The highest BCUT2D eigenvalue weighted by atomic mass is 32.1. The average Bonchev–Trinajstić information content (AvgIpc) is 3.26. The first-order valence-corrected chi connectivity index (χ1v) is 11.3. The van der Waals surface area contributed by atoms with Gasteiger partial charge in [0, 0.05) is 17.0 Å². The Balaban J connectivity index is 1.56. The highest BCUT2D eigenvalue weighted by Crippen LogP contribution is 2.35. The first-order chi connectivity index (χ1) is 16.8. The lowest BCUT2D eigenvalue weighted by molar-refractivity contribution is -0.384. The zero-order valence-electron chi connectivity index (χ0n) is 19.3. The summed E-state index contributed by atoms with van der Waals surface area (Å²) in [5.74, 6) is -1.59. The maximum atomic E-state index is 12.8. The van der Waals surface area contributed by atoms with Gasteiger partial charge in [-0.05, 0) is 50.1 Å². The number of carbonyl (C=O) groups is 2. The van der Waals surface area contributed by atoms with Crippen molar-refractivity contribution in [2.75, 3.05) is 17.2 Å². The summed E-state index contributed by atoms with van der Waals surface area (Å²) >= 11 is 1.19. The van der Waals surface area contributed by atoms with E-state index in [9.17, 15) is 32.9 Å². The van der Waals surface area contributed by atoms with Gasteiger partial charge < -0.3 is 10.1 Å². The lowest BCUT2D eigenvalue weighted by Gasteiger charge is -2.15. The Morgan fingerprint density at radius 1 is 1.17 bits per heavy atom. The third kappa shape index (κ3) is 6.56. The summed E-state index contributed by atoms with van der Waals surface area (Å²) in [4.78, 5) is 39.0. The molecule has 1 aromatic heterocycles. The van der Waals surface area contributed by atoms with Crippen LogP contribution in [0.3, 0.4) is 0 Å². The van der Waals surface area contributed by atoms with Crippen LogP contribution < -0.4 is 10.6 Å². The van der Waals surface area contributed by atoms with Crippen LogP contribution in [0.25, 0.3) is 11.3 Å². The number of alkyl halides is 3. The quantitative estimate of drug-likeness (QED) is 0.233. The first-order valence-electron chi connectivity index (χ1n) is 10.5. The summed E-state index contributed by atoms with van der Waals surface area (Å²) in [7, 11) is 0. The second-order valence-corrected chi connectivity index (χ2v) is 8.70. The highest BCUT2D eigenvalue weighted by molar-refractivity contribution is 7.14. The first kappa shape index (κ1) is 26.6. The van der Waals surface area contributed by atoms with Crippen LogP contribution in [-0.2, 0) is 20.5 Å². The predicted molar refractivity (Wildman–Crippen MR) is 128 cm³/mol. The fraction of sp³-hybridized carbons (Fsp3) is 0.261. The minimum Gasteiger partial charge on any atom is -0.454 e. The minimum absolute atomic E-state index is 0.302. The zero-order valence-corrected chi connectivity index (χ0v) is 20.1. The number of nitrogens with zero attached hydrogens (tertiary/aromatic N) is 2. The van der Waals surface area contributed by atoms with Crippen molar-refractivity contribution >= 4 is 39.7 Å². The van der Waals surface area contributed by atoms with Crippen LogP contribution in [0.5, 0.6) is 0 Å². The standard InChI is InChI=1S/C23H21F3N4O5S/c1-12-4-5-15(8-13(12)2)18-11-36-22(28-18)29-20(31)10-35-21(32)14(3)27-17-7-6-16(23(24,25)26)9-19(17)30(33)34/h4-9,11,14,27H,10H2,1-3H3,(H,28,29,31)/t14-/m0/s1. The Bertz CT molecular complexity index is 1310. The topological polar surface area (TPSA) is 123 Å². The van der Waals surface area contributed by atoms with Gasteiger partial charge >= 0.3 is 12.1 Å². The number of rotatable bonds is 8. The van der Waals surface area contributed by atoms with Gasteiger partial charge in [0.15, 0.2) is 11.7 Å². The van der Waals surface area contributed by atoms with Gasteiger partial charge in [0.25, 0.3) is 11.6 Å². The molecule has 2 N–H and O–H groups in total. The van der Waals surface area contributed by atoms with Crippen molar-refractivity contribution in [1.82, 2.24) is 4.98 Å². The summed E-state index contributed by atoms with van der Waals surface area (Å²) in [5.41, 5.74) is 1.44. The smallest absolute Gasteiger partial charge is 0.416 e. The molecule has 0 spiro atoms. The van der Waals surface area contributed by atoms with Crippen LogP contribution in [0.15, 0.2) is 41.8 Å². The van der Waals surface area contributed by atoms with Crippen LogP contribution in [-0.4, -0.2) is 34.4 Å². The van der Waals surface area contributed by atoms with Crippen molar-refractivity contribution in [1.29, 1.82) is 0 Å². The van der Waals surface area contributed by atoms with E-state index in [0.717, 1.165) is 22.8 Å². The molecule has 0 aliphatic carbocycles.